The Morgan fingerprint density at radius 3 is 2.83 bits per heavy atom. The number of aromatic nitrogens is 2. The van der Waals surface area contributed by atoms with Crippen molar-refractivity contribution in [1.82, 2.24) is 14.9 Å². The van der Waals surface area contributed by atoms with Gasteiger partial charge in [-0.05, 0) is 18.1 Å². The number of benzene rings is 1. The van der Waals surface area contributed by atoms with Gasteiger partial charge in [-0.2, -0.15) is 0 Å². The van der Waals surface area contributed by atoms with E-state index >= 15 is 0 Å². The molecule has 1 N–H and O–H groups in total. The van der Waals surface area contributed by atoms with Crippen molar-refractivity contribution < 1.29 is 9.90 Å². The van der Waals surface area contributed by atoms with E-state index in [2.05, 4.69) is 9.97 Å². The van der Waals surface area contributed by atoms with Crippen molar-refractivity contribution in [3.8, 4) is 0 Å². The molecular weight excluding hydrogens is 290 g/mol. The summed E-state index contributed by atoms with van der Waals surface area (Å²) in [5, 5.41) is 10.2. The lowest BCUT2D eigenvalue weighted by atomic mass is 10.0. The third kappa shape index (κ3) is 4.02. The van der Waals surface area contributed by atoms with Crippen LogP contribution in [0.2, 0.25) is 0 Å². The fourth-order valence-electron chi connectivity index (χ4n) is 2.78. The molecule has 1 aromatic carbocycles. The molecule has 0 unspecified atom stereocenters. The molecule has 0 spiro atoms. The maximum absolute atomic E-state index is 12.3. The van der Waals surface area contributed by atoms with Gasteiger partial charge >= 0.3 is 0 Å². The number of likely N-dealkylation sites (tertiary alicyclic amines) is 1. The van der Waals surface area contributed by atoms with Gasteiger partial charge in [0.05, 0.1) is 11.8 Å². The highest BCUT2D eigenvalue weighted by atomic mass is 16.3. The van der Waals surface area contributed by atoms with Crippen LogP contribution < -0.4 is 0 Å². The van der Waals surface area contributed by atoms with Gasteiger partial charge in [0.2, 0.25) is 5.91 Å². The Bertz CT molecular complexity index is 673. The number of β-amino-alcohol motifs (C(OH)–C–C–N with tert-alkyl or cyclic N) is 1. The third-order valence-corrected chi connectivity index (χ3v) is 4.02. The molecule has 5 nitrogen and oxygen atoms in total. The molecule has 1 aliphatic rings. The largest absolute Gasteiger partial charge is 0.391 e. The Labute approximate surface area is 135 Å². The molecule has 1 amide bonds. The Hall–Kier alpha value is -2.53. The van der Waals surface area contributed by atoms with Crippen molar-refractivity contribution in [1.29, 1.82) is 0 Å². The maximum atomic E-state index is 12.3. The minimum Gasteiger partial charge on any atom is -0.391 e. The van der Waals surface area contributed by atoms with Crippen LogP contribution in [0.5, 0.6) is 0 Å². The van der Waals surface area contributed by atoms with Crippen LogP contribution >= 0.6 is 0 Å². The first-order chi connectivity index (χ1) is 11.2. The van der Waals surface area contributed by atoms with Gasteiger partial charge in [-0.3, -0.25) is 14.8 Å². The van der Waals surface area contributed by atoms with E-state index in [4.69, 9.17) is 0 Å². The quantitative estimate of drug-likeness (QED) is 0.870. The maximum Gasteiger partial charge on any atom is 0.246 e. The molecule has 118 valence electrons. The van der Waals surface area contributed by atoms with Crippen molar-refractivity contribution in [2.75, 3.05) is 13.1 Å². The fraction of sp³-hybridized carbons (Fsp3) is 0.278. The highest BCUT2D eigenvalue weighted by Crippen LogP contribution is 2.21. The number of carbonyl (C=O) groups excluding carboxylic acids is 1. The van der Waals surface area contributed by atoms with E-state index in [1.807, 2.05) is 30.3 Å². The van der Waals surface area contributed by atoms with Crippen LogP contribution in [0.1, 0.15) is 11.3 Å². The first-order valence-corrected chi connectivity index (χ1v) is 7.67. The van der Waals surface area contributed by atoms with Gasteiger partial charge < -0.3 is 10.0 Å². The molecular formula is C18H19N3O2. The predicted molar refractivity (Wildman–Crippen MR) is 87.3 cm³/mol. The zero-order valence-corrected chi connectivity index (χ0v) is 12.7. The highest BCUT2D eigenvalue weighted by molar-refractivity contribution is 5.92. The van der Waals surface area contributed by atoms with E-state index in [-0.39, 0.29) is 11.8 Å². The molecule has 1 fully saturated rings. The lowest BCUT2D eigenvalue weighted by Crippen LogP contribution is -2.27. The van der Waals surface area contributed by atoms with Gasteiger partial charge in [-0.15, -0.1) is 0 Å². The summed E-state index contributed by atoms with van der Waals surface area (Å²) in [6.07, 6.45) is 8.43. The van der Waals surface area contributed by atoms with E-state index < -0.39 is 6.10 Å². The van der Waals surface area contributed by atoms with Crippen molar-refractivity contribution in [2.24, 2.45) is 5.92 Å². The summed E-state index contributed by atoms with van der Waals surface area (Å²) in [5.74, 6) is -0.0738. The summed E-state index contributed by atoms with van der Waals surface area (Å²) < 4.78 is 0. The van der Waals surface area contributed by atoms with Crippen LogP contribution in [0.3, 0.4) is 0 Å². The van der Waals surface area contributed by atoms with Crippen LogP contribution in [0, 0.1) is 5.92 Å². The van der Waals surface area contributed by atoms with Crippen LogP contribution in [0.15, 0.2) is 55.0 Å². The average molecular weight is 309 g/mol. The van der Waals surface area contributed by atoms with Crippen LogP contribution in [0.4, 0.5) is 0 Å². The van der Waals surface area contributed by atoms with Crippen molar-refractivity contribution in [2.45, 2.75) is 12.5 Å². The van der Waals surface area contributed by atoms with Gasteiger partial charge in [-0.1, -0.05) is 30.3 Å². The summed E-state index contributed by atoms with van der Waals surface area (Å²) in [5.41, 5.74) is 1.82. The third-order valence-electron chi connectivity index (χ3n) is 4.02. The zero-order valence-electron chi connectivity index (χ0n) is 12.7. The van der Waals surface area contributed by atoms with E-state index in [0.717, 1.165) is 11.3 Å². The van der Waals surface area contributed by atoms with Gasteiger partial charge in [0.1, 0.15) is 0 Å². The summed E-state index contributed by atoms with van der Waals surface area (Å²) >= 11 is 0. The summed E-state index contributed by atoms with van der Waals surface area (Å²) in [4.78, 5) is 22.2. The molecule has 0 saturated carbocycles. The monoisotopic (exact) mass is 309 g/mol. The number of rotatable bonds is 4. The Balaban J connectivity index is 1.59. The summed E-state index contributed by atoms with van der Waals surface area (Å²) in [6, 6.07) is 9.69. The first-order valence-electron chi connectivity index (χ1n) is 7.67. The molecule has 2 heterocycles. The topological polar surface area (TPSA) is 66.3 Å². The van der Waals surface area contributed by atoms with E-state index in [1.165, 1.54) is 0 Å². The molecule has 0 radical (unpaired) electrons. The Morgan fingerprint density at radius 1 is 1.26 bits per heavy atom. The molecule has 0 bridgehead atoms. The molecule has 1 aliphatic heterocycles. The highest BCUT2D eigenvalue weighted by Gasteiger charge is 2.33. The number of hydrogen-bond acceptors (Lipinski definition) is 4. The Morgan fingerprint density at radius 2 is 2.09 bits per heavy atom. The van der Waals surface area contributed by atoms with E-state index in [1.54, 1.807) is 35.6 Å². The molecule has 0 aliphatic carbocycles. The van der Waals surface area contributed by atoms with Gasteiger partial charge in [0, 0.05) is 43.7 Å². The zero-order chi connectivity index (χ0) is 16.1. The minimum absolute atomic E-state index is 0.000718. The molecule has 1 aromatic heterocycles. The van der Waals surface area contributed by atoms with Crippen LogP contribution in [-0.2, 0) is 11.2 Å². The van der Waals surface area contributed by atoms with E-state index in [0.29, 0.717) is 19.5 Å². The van der Waals surface area contributed by atoms with Crippen LogP contribution in [-0.4, -0.2) is 45.1 Å². The first kappa shape index (κ1) is 15.4. The molecule has 2 aromatic rings. The lowest BCUT2D eigenvalue weighted by Gasteiger charge is -2.13. The van der Waals surface area contributed by atoms with Gasteiger partial charge in [0.25, 0.3) is 0 Å². The molecule has 2 atom stereocenters. The number of carbonyl (C=O) groups is 1. The van der Waals surface area contributed by atoms with Crippen LogP contribution in [0.25, 0.3) is 6.08 Å². The average Bonchev–Trinajstić information content (AvgIpc) is 2.95. The minimum atomic E-state index is -0.522. The molecule has 1 saturated heterocycles. The second-order valence-electron chi connectivity index (χ2n) is 5.72. The smallest absolute Gasteiger partial charge is 0.246 e. The standard InChI is InChI=1S/C18H19N3O2/c22-17-13-21(12-15(17)10-16-11-19-8-9-20-16)18(23)7-6-14-4-2-1-3-5-14/h1-9,11,15,17,22H,10,12-13H2/b7-6+/t15-,17-/m1/s1. The van der Waals surface area contributed by atoms with Crippen molar-refractivity contribution >= 4 is 12.0 Å². The molecule has 3 rings (SSSR count). The molecule has 5 heteroatoms. The lowest BCUT2D eigenvalue weighted by molar-refractivity contribution is -0.125. The molecule has 23 heavy (non-hydrogen) atoms. The van der Waals surface area contributed by atoms with Crippen molar-refractivity contribution in [3.63, 3.8) is 0 Å². The number of aliphatic hydroxyl groups excluding tert-OH is 1. The predicted octanol–water partition coefficient (Wildman–Crippen LogP) is 1.55. The SMILES string of the molecule is O=C(/C=C/c1ccccc1)N1C[C@@H](Cc2cnccn2)[C@H](O)C1. The number of amides is 1. The Kier molecular flexibility index (Phi) is 4.78. The van der Waals surface area contributed by atoms with Gasteiger partial charge in [0.15, 0.2) is 0 Å². The second-order valence-corrected chi connectivity index (χ2v) is 5.72. The second kappa shape index (κ2) is 7.15. The van der Waals surface area contributed by atoms with Gasteiger partial charge in [-0.25, -0.2) is 0 Å². The normalized spacial score (nSPS) is 21.0. The number of aliphatic hydroxyl groups is 1. The number of hydrogen-bond donors (Lipinski definition) is 1. The number of nitrogens with zero attached hydrogens (tertiary/aromatic N) is 3. The summed E-state index contributed by atoms with van der Waals surface area (Å²) in [6.45, 7) is 0.901. The van der Waals surface area contributed by atoms with E-state index in [9.17, 15) is 9.90 Å². The van der Waals surface area contributed by atoms with Crippen molar-refractivity contribution in [3.05, 3.63) is 66.3 Å². The fourth-order valence-corrected chi connectivity index (χ4v) is 2.78. The summed E-state index contributed by atoms with van der Waals surface area (Å²) in [7, 11) is 0.